The molecule has 1 aliphatic carbocycles. The first kappa shape index (κ1) is 11.5. The van der Waals surface area contributed by atoms with Crippen molar-refractivity contribution in [1.82, 2.24) is 5.32 Å². The highest BCUT2D eigenvalue weighted by Gasteiger charge is 2.26. The average Bonchev–Trinajstić information content (AvgIpc) is 3.07. The Hall–Kier alpha value is -1.98. The molecule has 0 aliphatic heterocycles. The minimum Gasteiger partial charge on any atom is -0.345 e. The molecule has 2 rings (SSSR count). The summed E-state index contributed by atoms with van der Waals surface area (Å²) in [6, 6.07) is 2.65. The van der Waals surface area contributed by atoms with Crippen LogP contribution in [0.2, 0.25) is 0 Å². The van der Waals surface area contributed by atoms with E-state index in [0.717, 1.165) is 31.0 Å². The van der Waals surface area contributed by atoms with Crippen LogP contribution < -0.4 is 10.6 Å². The van der Waals surface area contributed by atoms with Gasteiger partial charge < -0.3 is 10.6 Å². The van der Waals surface area contributed by atoms with Crippen molar-refractivity contribution >= 4 is 17.5 Å². The zero-order chi connectivity index (χ0) is 12.4. The molecule has 0 saturated heterocycles. The van der Waals surface area contributed by atoms with Crippen LogP contribution in [0.25, 0.3) is 0 Å². The first-order chi connectivity index (χ1) is 8.06. The van der Waals surface area contributed by atoms with E-state index < -0.39 is 23.4 Å². The summed E-state index contributed by atoms with van der Waals surface area (Å²) in [5.41, 5.74) is -0.346. The van der Waals surface area contributed by atoms with Gasteiger partial charge in [0.25, 0.3) is 0 Å². The van der Waals surface area contributed by atoms with Crippen LogP contribution in [-0.4, -0.2) is 17.9 Å². The van der Waals surface area contributed by atoms with Crippen LogP contribution in [0, 0.1) is 11.6 Å². The Morgan fingerprint density at radius 3 is 2.53 bits per heavy atom. The Morgan fingerprint density at radius 1 is 1.18 bits per heavy atom. The predicted octanol–water partition coefficient (Wildman–Crippen LogP) is 1.18. The number of carbonyl (C=O) groups excluding carboxylic acids is 2. The number of benzene rings is 1. The van der Waals surface area contributed by atoms with E-state index in [1.807, 2.05) is 5.32 Å². The molecule has 90 valence electrons. The SMILES string of the molecule is O=C(Nc1cc(F)ccc1F)C(=O)NC1CC1. The van der Waals surface area contributed by atoms with Crippen LogP contribution in [0.4, 0.5) is 14.5 Å². The largest absolute Gasteiger partial charge is 0.345 e. The maximum Gasteiger partial charge on any atom is 0.313 e. The van der Waals surface area contributed by atoms with Gasteiger partial charge in [-0.3, -0.25) is 9.59 Å². The lowest BCUT2D eigenvalue weighted by atomic mass is 10.3. The average molecular weight is 240 g/mol. The van der Waals surface area contributed by atoms with Gasteiger partial charge in [-0.05, 0) is 25.0 Å². The number of nitrogens with one attached hydrogen (secondary N) is 2. The van der Waals surface area contributed by atoms with Crippen molar-refractivity contribution in [2.45, 2.75) is 18.9 Å². The van der Waals surface area contributed by atoms with Gasteiger partial charge >= 0.3 is 11.8 Å². The fourth-order valence-corrected chi connectivity index (χ4v) is 1.25. The molecule has 1 fully saturated rings. The summed E-state index contributed by atoms with van der Waals surface area (Å²) in [5.74, 6) is -3.32. The normalized spacial score (nSPS) is 14.2. The fraction of sp³-hybridized carbons (Fsp3) is 0.273. The molecule has 1 aromatic rings. The lowest BCUT2D eigenvalue weighted by Gasteiger charge is -2.06. The Bertz CT molecular complexity index is 473. The third kappa shape index (κ3) is 2.99. The smallest absolute Gasteiger partial charge is 0.313 e. The highest BCUT2D eigenvalue weighted by atomic mass is 19.1. The van der Waals surface area contributed by atoms with Crippen molar-refractivity contribution in [1.29, 1.82) is 0 Å². The molecule has 2 amide bonds. The van der Waals surface area contributed by atoms with E-state index in [1.165, 1.54) is 0 Å². The van der Waals surface area contributed by atoms with Gasteiger partial charge in [0.2, 0.25) is 0 Å². The van der Waals surface area contributed by atoms with E-state index in [-0.39, 0.29) is 11.7 Å². The summed E-state index contributed by atoms with van der Waals surface area (Å²) in [6.45, 7) is 0. The number of rotatable bonds is 2. The second-order valence-corrected chi connectivity index (χ2v) is 3.83. The highest BCUT2D eigenvalue weighted by Crippen LogP contribution is 2.19. The van der Waals surface area contributed by atoms with Crippen molar-refractivity contribution < 1.29 is 18.4 Å². The molecule has 0 atom stereocenters. The first-order valence-electron chi connectivity index (χ1n) is 5.13. The van der Waals surface area contributed by atoms with Gasteiger partial charge in [0, 0.05) is 12.1 Å². The maximum absolute atomic E-state index is 13.2. The van der Waals surface area contributed by atoms with Crippen molar-refractivity contribution in [2.75, 3.05) is 5.32 Å². The molecule has 0 bridgehead atoms. The van der Waals surface area contributed by atoms with Crippen molar-refractivity contribution in [2.24, 2.45) is 0 Å². The number of hydrogen-bond donors (Lipinski definition) is 2. The van der Waals surface area contributed by atoms with E-state index in [2.05, 4.69) is 5.32 Å². The number of anilines is 1. The Morgan fingerprint density at radius 2 is 1.88 bits per heavy atom. The molecule has 0 radical (unpaired) electrons. The third-order valence-corrected chi connectivity index (χ3v) is 2.30. The summed E-state index contributed by atoms with van der Waals surface area (Å²) in [5, 5.41) is 4.46. The molecule has 0 unspecified atom stereocenters. The molecular formula is C11H10F2N2O2. The zero-order valence-corrected chi connectivity index (χ0v) is 8.80. The van der Waals surface area contributed by atoms with Crippen LogP contribution in [0.3, 0.4) is 0 Å². The maximum atomic E-state index is 13.2. The molecule has 4 nitrogen and oxygen atoms in total. The monoisotopic (exact) mass is 240 g/mol. The number of carbonyl (C=O) groups is 2. The van der Waals surface area contributed by atoms with Crippen LogP contribution >= 0.6 is 0 Å². The summed E-state index contributed by atoms with van der Waals surface area (Å²) >= 11 is 0. The van der Waals surface area contributed by atoms with Crippen LogP contribution in [0.5, 0.6) is 0 Å². The molecule has 1 saturated carbocycles. The van der Waals surface area contributed by atoms with Gasteiger partial charge in [0.1, 0.15) is 11.6 Å². The van der Waals surface area contributed by atoms with Crippen molar-refractivity contribution in [3.8, 4) is 0 Å². The summed E-state index contributed by atoms with van der Waals surface area (Å²) in [7, 11) is 0. The van der Waals surface area contributed by atoms with Gasteiger partial charge in [-0.2, -0.15) is 0 Å². The number of hydrogen-bond acceptors (Lipinski definition) is 2. The van der Waals surface area contributed by atoms with E-state index in [1.54, 1.807) is 0 Å². The molecule has 1 aliphatic rings. The molecule has 0 spiro atoms. The van der Waals surface area contributed by atoms with Gasteiger partial charge in [-0.25, -0.2) is 8.78 Å². The molecule has 2 N–H and O–H groups in total. The second kappa shape index (κ2) is 4.48. The first-order valence-corrected chi connectivity index (χ1v) is 5.13. The van der Waals surface area contributed by atoms with Crippen molar-refractivity contribution in [3.05, 3.63) is 29.8 Å². The predicted molar refractivity (Wildman–Crippen MR) is 56.2 cm³/mol. The van der Waals surface area contributed by atoms with E-state index in [9.17, 15) is 18.4 Å². The topological polar surface area (TPSA) is 58.2 Å². The van der Waals surface area contributed by atoms with Crippen LogP contribution in [-0.2, 0) is 9.59 Å². The van der Waals surface area contributed by atoms with Gasteiger partial charge in [-0.15, -0.1) is 0 Å². The molecule has 6 heteroatoms. The van der Waals surface area contributed by atoms with Gasteiger partial charge in [0.05, 0.1) is 5.69 Å². The Labute approximate surface area is 96.0 Å². The molecule has 17 heavy (non-hydrogen) atoms. The van der Waals surface area contributed by atoms with E-state index in [0.29, 0.717) is 0 Å². The number of halogens is 2. The van der Waals surface area contributed by atoms with Crippen molar-refractivity contribution in [3.63, 3.8) is 0 Å². The van der Waals surface area contributed by atoms with Gasteiger partial charge in [0.15, 0.2) is 0 Å². The Balaban J connectivity index is 2.01. The van der Waals surface area contributed by atoms with Crippen LogP contribution in [0.1, 0.15) is 12.8 Å². The highest BCUT2D eigenvalue weighted by molar-refractivity contribution is 6.39. The molecular weight excluding hydrogens is 230 g/mol. The summed E-state index contributed by atoms with van der Waals surface area (Å²) in [6.07, 6.45) is 1.68. The lowest BCUT2D eigenvalue weighted by Crippen LogP contribution is -2.36. The van der Waals surface area contributed by atoms with Crippen LogP contribution in [0.15, 0.2) is 18.2 Å². The zero-order valence-electron chi connectivity index (χ0n) is 8.80. The standard InChI is InChI=1S/C11H10F2N2O2/c12-6-1-4-8(13)9(5-6)15-11(17)10(16)14-7-2-3-7/h1,4-5,7H,2-3H2,(H,14,16)(H,15,17). The third-order valence-electron chi connectivity index (χ3n) is 2.30. The van der Waals surface area contributed by atoms with E-state index in [4.69, 9.17) is 0 Å². The number of amides is 2. The summed E-state index contributed by atoms with van der Waals surface area (Å²) in [4.78, 5) is 22.6. The second-order valence-electron chi connectivity index (χ2n) is 3.83. The van der Waals surface area contributed by atoms with Gasteiger partial charge in [-0.1, -0.05) is 0 Å². The molecule has 0 aromatic heterocycles. The lowest BCUT2D eigenvalue weighted by molar-refractivity contribution is -0.136. The fourth-order valence-electron chi connectivity index (χ4n) is 1.25. The minimum absolute atomic E-state index is 0.0330. The molecule has 0 heterocycles. The van der Waals surface area contributed by atoms with E-state index >= 15 is 0 Å². The Kier molecular flexibility index (Phi) is 3.03. The summed E-state index contributed by atoms with van der Waals surface area (Å²) < 4.78 is 26.0. The quantitative estimate of drug-likeness (QED) is 0.763. The minimum atomic E-state index is -0.999. The molecule has 1 aromatic carbocycles.